The van der Waals surface area contributed by atoms with E-state index in [1.165, 1.54) is 12.1 Å². The molecule has 1 saturated carbocycles. The highest BCUT2D eigenvalue weighted by atomic mass is 35.5. The molecule has 2 aliphatic rings. The van der Waals surface area contributed by atoms with Crippen LogP contribution in [0.5, 0.6) is 5.75 Å². The van der Waals surface area contributed by atoms with E-state index in [1.54, 1.807) is 6.07 Å². The number of carbonyl (C=O) groups excluding carboxylic acids is 1. The van der Waals surface area contributed by atoms with Crippen LogP contribution in [0.25, 0.3) is 0 Å². The van der Waals surface area contributed by atoms with E-state index in [1.807, 2.05) is 41.1 Å². The van der Waals surface area contributed by atoms with Crippen LogP contribution in [-0.4, -0.2) is 45.2 Å². The molecule has 1 saturated heterocycles. The van der Waals surface area contributed by atoms with Crippen molar-refractivity contribution < 1.29 is 22.3 Å². The maximum absolute atomic E-state index is 14.9. The van der Waals surface area contributed by atoms with Crippen molar-refractivity contribution in [3.63, 3.8) is 0 Å². The minimum absolute atomic E-state index is 0.0694. The lowest BCUT2D eigenvalue weighted by atomic mass is 9.91. The molecule has 0 aromatic heterocycles. The number of piperidine rings is 1. The maximum Gasteiger partial charge on any atom is 0.267 e. The van der Waals surface area contributed by atoms with E-state index in [-0.39, 0.29) is 23.4 Å². The highest BCUT2D eigenvalue weighted by Gasteiger charge is 2.32. The summed E-state index contributed by atoms with van der Waals surface area (Å²) in [6.45, 7) is 2.01. The predicted octanol–water partition coefficient (Wildman–Crippen LogP) is 7.23. The Kier molecular flexibility index (Phi) is 9.16. The van der Waals surface area contributed by atoms with E-state index in [0.29, 0.717) is 27.4 Å². The van der Waals surface area contributed by atoms with Gasteiger partial charge in [0.2, 0.25) is 10.0 Å². The van der Waals surface area contributed by atoms with Crippen molar-refractivity contribution in [2.45, 2.75) is 37.6 Å². The highest BCUT2D eigenvalue weighted by Crippen LogP contribution is 2.45. The second-order valence-corrected chi connectivity index (χ2v) is 13.8. The number of likely N-dealkylation sites (tertiary alicyclic amines) is 1. The van der Waals surface area contributed by atoms with Crippen LogP contribution in [0.4, 0.5) is 4.39 Å². The first-order chi connectivity index (χ1) is 19.5. The number of hydrogen-bond acceptors (Lipinski definition) is 5. The molecule has 0 radical (unpaired) electrons. The van der Waals surface area contributed by atoms with Gasteiger partial charge in [0.25, 0.3) is 5.91 Å². The summed E-state index contributed by atoms with van der Waals surface area (Å²) < 4.78 is 45.8. The lowest BCUT2D eigenvalue weighted by Gasteiger charge is -2.38. The Morgan fingerprint density at radius 1 is 1.00 bits per heavy atom. The van der Waals surface area contributed by atoms with Gasteiger partial charge in [-0.1, -0.05) is 53.0 Å². The van der Waals surface area contributed by atoms with E-state index < -0.39 is 21.7 Å². The van der Waals surface area contributed by atoms with E-state index in [2.05, 4.69) is 4.90 Å². The predicted molar refractivity (Wildman–Crippen MR) is 160 cm³/mol. The molecule has 41 heavy (non-hydrogen) atoms. The topological polar surface area (TPSA) is 75.7 Å². The van der Waals surface area contributed by atoms with Crippen LogP contribution in [0.3, 0.4) is 0 Å². The van der Waals surface area contributed by atoms with Crippen molar-refractivity contribution in [1.82, 2.24) is 9.62 Å². The zero-order chi connectivity index (χ0) is 29.3. The normalized spacial score (nSPS) is 17.3. The van der Waals surface area contributed by atoms with Gasteiger partial charge in [-0.3, -0.25) is 9.69 Å². The lowest BCUT2D eigenvalue weighted by Crippen LogP contribution is -2.38. The first-order valence-corrected chi connectivity index (χ1v) is 16.4. The van der Waals surface area contributed by atoms with Gasteiger partial charge < -0.3 is 4.74 Å². The Morgan fingerprint density at radius 3 is 2.27 bits per heavy atom. The number of nitrogens with one attached hydrogen (secondary N) is 1. The number of hydrogen-bond donors (Lipinski definition) is 1. The zero-order valence-corrected chi connectivity index (χ0v) is 25.5. The monoisotopic (exact) mass is 638 g/mol. The minimum Gasteiger partial charge on any atom is -0.493 e. The van der Waals surface area contributed by atoms with Gasteiger partial charge in [0.1, 0.15) is 11.6 Å². The molecule has 0 spiro atoms. The molecule has 3 aromatic rings. The summed E-state index contributed by atoms with van der Waals surface area (Å²) in [4.78, 5) is 14.7. The molecule has 1 aliphatic heterocycles. The fourth-order valence-corrected chi connectivity index (χ4v) is 6.43. The first-order valence-electron chi connectivity index (χ1n) is 13.4. The van der Waals surface area contributed by atoms with Gasteiger partial charge in [-0.2, -0.15) is 0 Å². The van der Waals surface area contributed by atoms with Crippen molar-refractivity contribution in [1.29, 1.82) is 0 Å². The summed E-state index contributed by atoms with van der Waals surface area (Å²) >= 11 is 19.0. The summed E-state index contributed by atoms with van der Waals surface area (Å²) in [7, 11) is -3.81. The standard InChI is InChI=1S/C30H30Cl3FN2O4S/c1-41(38,39)35-30(37)25-15-24(19-2-3-19)28(16-27(25)34)40-17-18-10-12-36(13-11-18)29(20-4-6-21(31)7-5-20)23-9-8-22(32)14-26(23)33/h4-9,14-16,18-19,29H,2-3,10-13,17H2,1H3,(H,35,37). The Bertz CT molecular complexity index is 1540. The molecule has 0 bridgehead atoms. The second-order valence-electron chi connectivity index (χ2n) is 10.8. The molecule has 5 rings (SSSR count). The number of amides is 1. The average Bonchev–Trinajstić information content (AvgIpc) is 3.75. The van der Waals surface area contributed by atoms with Crippen LogP contribution in [0.15, 0.2) is 54.6 Å². The third-order valence-electron chi connectivity index (χ3n) is 7.57. The van der Waals surface area contributed by atoms with Gasteiger partial charge in [0, 0.05) is 21.1 Å². The van der Waals surface area contributed by atoms with Gasteiger partial charge in [-0.05, 0) is 97.6 Å². The quantitative estimate of drug-likeness (QED) is 0.267. The van der Waals surface area contributed by atoms with Crippen LogP contribution < -0.4 is 9.46 Å². The summed E-state index contributed by atoms with van der Waals surface area (Å²) in [6, 6.07) is 15.9. The van der Waals surface area contributed by atoms with Crippen LogP contribution in [0.2, 0.25) is 15.1 Å². The zero-order valence-electron chi connectivity index (χ0n) is 22.4. The molecule has 6 nitrogen and oxygen atoms in total. The van der Waals surface area contributed by atoms with Gasteiger partial charge >= 0.3 is 0 Å². The van der Waals surface area contributed by atoms with Crippen LogP contribution >= 0.6 is 34.8 Å². The molecular weight excluding hydrogens is 610 g/mol. The molecular formula is C30H30Cl3FN2O4S. The molecule has 1 unspecified atom stereocenters. The molecule has 2 fully saturated rings. The molecule has 1 heterocycles. The fourth-order valence-electron chi connectivity index (χ4n) is 5.35. The van der Waals surface area contributed by atoms with Gasteiger partial charge in [0.15, 0.2) is 0 Å². The second kappa shape index (κ2) is 12.5. The molecule has 1 aliphatic carbocycles. The molecule has 1 atom stereocenters. The first kappa shape index (κ1) is 30.1. The van der Waals surface area contributed by atoms with E-state index in [0.717, 1.165) is 61.7 Å². The molecule has 3 aromatic carbocycles. The van der Waals surface area contributed by atoms with Crippen molar-refractivity contribution in [2.75, 3.05) is 26.0 Å². The number of benzene rings is 3. The van der Waals surface area contributed by atoms with E-state index in [9.17, 15) is 17.6 Å². The number of ether oxygens (including phenoxy) is 1. The third kappa shape index (κ3) is 7.54. The van der Waals surface area contributed by atoms with Crippen molar-refractivity contribution in [3.05, 3.63) is 97.7 Å². The highest BCUT2D eigenvalue weighted by molar-refractivity contribution is 7.89. The van der Waals surface area contributed by atoms with Crippen molar-refractivity contribution in [3.8, 4) is 5.75 Å². The largest absolute Gasteiger partial charge is 0.493 e. The fraction of sp³-hybridized carbons (Fsp3) is 0.367. The maximum atomic E-state index is 14.9. The summed E-state index contributed by atoms with van der Waals surface area (Å²) in [6.07, 6.45) is 4.41. The number of nitrogens with zero attached hydrogens (tertiary/aromatic N) is 1. The smallest absolute Gasteiger partial charge is 0.267 e. The SMILES string of the molecule is CS(=O)(=O)NC(=O)c1cc(C2CC2)c(OCC2CCN(C(c3ccc(Cl)cc3)c3ccc(Cl)cc3Cl)CC2)cc1F. The van der Waals surface area contributed by atoms with Crippen LogP contribution in [-0.2, 0) is 10.0 Å². The number of sulfonamides is 1. The summed E-state index contributed by atoms with van der Waals surface area (Å²) in [5.74, 6) is -0.967. The summed E-state index contributed by atoms with van der Waals surface area (Å²) in [5.41, 5.74) is 2.49. The number of rotatable bonds is 9. The number of carbonyl (C=O) groups is 1. The molecule has 1 N–H and O–H groups in total. The van der Waals surface area contributed by atoms with Gasteiger partial charge in [-0.15, -0.1) is 0 Å². The molecule has 11 heteroatoms. The Balaban J connectivity index is 1.28. The average molecular weight is 640 g/mol. The van der Waals surface area contributed by atoms with E-state index >= 15 is 0 Å². The Hall–Kier alpha value is -2.36. The molecule has 1 amide bonds. The summed E-state index contributed by atoms with van der Waals surface area (Å²) in [5, 5.41) is 1.85. The Labute approximate surface area is 254 Å². The molecule has 218 valence electrons. The third-order valence-corrected chi connectivity index (χ3v) is 8.94. The number of halogens is 4. The lowest BCUT2D eigenvalue weighted by molar-refractivity contribution is 0.0977. The van der Waals surface area contributed by atoms with Crippen molar-refractivity contribution in [2.24, 2.45) is 5.92 Å². The van der Waals surface area contributed by atoms with Gasteiger partial charge in [-0.25, -0.2) is 17.5 Å². The Morgan fingerprint density at radius 2 is 1.66 bits per heavy atom. The van der Waals surface area contributed by atoms with Crippen LogP contribution in [0.1, 0.15) is 64.7 Å². The van der Waals surface area contributed by atoms with Gasteiger partial charge in [0.05, 0.1) is 24.5 Å². The minimum atomic E-state index is -3.81. The van der Waals surface area contributed by atoms with E-state index in [4.69, 9.17) is 39.5 Å². The van der Waals surface area contributed by atoms with Crippen LogP contribution in [0, 0.1) is 11.7 Å². The van der Waals surface area contributed by atoms with Crippen molar-refractivity contribution >= 4 is 50.7 Å².